The Bertz CT molecular complexity index is 970. The number of nitrogens with zero attached hydrogens (tertiary/aromatic N) is 3. The van der Waals surface area contributed by atoms with Crippen LogP contribution in [0.15, 0.2) is 15.8 Å². The SMILES string of the molecule is CCn1c(=O)n(CC(=O)OC)c(=O)c2c3c(cnc21)C(=O)CCC3. The van der Waals surface area contributed by atoms with Gasteiger partial charge in [0, 0.05) is 24.7 Å². The lowest BCUT2D eigenvalue weighted by molar-refractivity contribution is -0.141. The number of fused-ring (bicyclic) bond motifs is 3. The van der Waals surface area contributed by atoms with Gasteiger partial charge in [-0.25, -0.2) is 14.3 Å². The van der Waals surface area contributed by atoms with Crippen LogP contribution >= 0.6 is 0 Å². The number of esters is 1. The van der Waals surface area contributed by atoms with Gasteiger partial charge in [0.25, 0.3) is 5.56 Å². The van der Waals surface area contributed by atoms with Gasteiger partial charge in [0.15, 0.2) is 5.78 Å². The van der Waals surface area contributed by atoms with E-state index in [1.165, 1.54) is 17.9 Å². The lowest BCUT2D eigenvalue weighted by atomic mass is 9.90. The summed E-state index contributed by atoms with van der Waals surface area (Å²) in [4.78, 5) is 53.2. The zero-order chi connectivity index (χ0) is 17.4. The maximum Gasteiger partial charge on any atom is 0.333 e. The third-order valence-corrected chi connectivity index (χ3v) is 4.31. The Labute approximate surface area is 136 Å². The molecule has 0 fully saturated rings. The standard InChI is InChI=1S/C16H17N3O5/c1-3-18-14-13(9-5-4-6-11(20)10(9)7-17-14)15(22)19(16(18)23)8-12(21)24-2/h7H,3-6,8H2,1-2H3. The molecule has 0 aliphatic heterocycles. The van der Waals surface area contributed by atoms with Crippen molar-refractivity contribution in [2.75, 3.05) is 7.11 Å². The number of aryl methyl sites for hydroxylation is 2. The smallest absolute Gasteiger partial charge is 0.333 e. The minimum atomic E-state index is -0.690. The van der Waals surface area contributed by atoms with Crippen molar-refractivity contribution in [3.05, 3.63) is 38.2 Å². The second kappa shape index (κ2) is 6.03. The number of carbonyl (C=O) groups is 2. The Morgan fingerprint density at radius 1 is 1.25 bits per heavy atom. The molecule has 2 heterocycles. The molecule has 0 spiro atoms. The molecule has 0 unspecified atom stereocenters. The molecule has 1 aliphatic rings. The van der Waals surface area contributed by atoms with E-state index in [9.17, 15) is 19.2 Å². The number of ketones is 1. The minimum absolute atomic E-state index is 0.0567. The van der Waals surface area contributed by atoms with Crippen LogP contribution in [-0.2, 0) is 29.0 Å². The highest BCUT2D eigenvalue weighted by Crippen LogP contribution is 2.25. The van der Waals surface area contributed by atoms with Crippen LogP contribution in [0.2, 0.25) is 0 Å². The summed E-state index contributed by atoms with van der Waals surface area (Å²) in [5, 5.41) is 0.242. The van der Waals surface area contributed by atoms with E-state index in [1.807, 2.05) is 0 Å². The number of methoxy groups -OCH3 is 1. The van der Waals surface area contributed by atoms with Crippen LogP contribution in [0, 0.1) is 0 Å². The van der Waals surface area contributed by atoms with E-state index in [2.05, 4.69) is 9.72 Å². The van der Waals surface area contributed by atoms with E-state index >= 15 is 0 Å². The van der Waals surface area contributed by atoms with Gasteiger partial charge in [0.1, 0.15) is 12.2 Å². The molecule has 2 aromatic heterocycles. The Morgan fingerprint density at radius 2 is 2.00 bits per heavy atom. The lowest BCUT2D eigenvalue weighted by Crippen LogP contribution is -2.42. The number of aromatic nitrogens is 3. The van der Waals surface area contributed by atoms with Gasteiger partial charge in [0.2, 0.25) is 0 Å². The van der Waals surface area contributed by atoms with E-state index in [-0.39, 0.29) is 23.4 Å². The fourth-order valence-electron chi connectivity index (χ4n) is 3.10. The summed E-state index contributed by atoms with van der Waals surface area (Å²) >= 11 is 0. The summed E-state index contributed by atoms with van der Waals surface area (Å²) in [6.45, 7) is 1.57. The van der Waals surface area contributed by atoms with Crippen LogP contribution in [0.3, 0.4) is 0 Å². The molecule has 0 bridgehead atoms. The molecule has 3 rings (SSSR count). The van der Waals surface area contributed by atoms with E-state index < -0.39 is 23.8 Å². The first-order valence-corrected chi connectivity index (χ1v) is 7.74. The fourth-order valence-corrected chi connectivity index (χ4v) is 3.10. The Hall–Kier alpha value is -2.77. The van der Waals surface area contributed by atoms with Crippen LogP contribution in [0.1, 0.15) is 35.7 Å². The van der Waals surface area contributed by atoms with Crippen molar-refractivity contribution in [2.24, 2.45) is 0 Å². The van der Waals surface area contributed by atoms with Crippen molar-refractivity contribution >= 4 is 22.8 Å². The van der Waals surface area contributed by atoms with Crippen molar-refractivity contribution in [1.29, 1.82) is 0 Å². The van der Waals surface area contributed by atoms with E-state index in [0.29, 0.717) is 30.4 Å². The summed E-state index contributed by atoms with van der Waals surface area (Å²) in [6.07, 6.45) is 3.07. The summed E-state index contributed by atoms with van der Waals surface area (Å²) in [5.41, 5.74) is 0.0695. The first-order valence-electron chi connectivity index (χ1n) is 7.74. The monoisotopic (exact) mass is 331 g/mol. The number of hydrogen-bond acceptors (Lipinski definition) is 6. The van der Waals surface area contributed by atoms with Gasteiger partial charge in [-0.15, -0.1) is 0 Å². The maximum absolute atomic E-state index is 12.8. The van der Waals surface area contributed by atoms with Crippen molar-refractivity contribution in [3.63, 3.8) is 0 Å². The minimum Gasteiger partial charge on any atom is -0.468 e. The molecule has 126 valence electrons. The number of Topliss-reactive ketones (excluding diaryl/α,β-unsaturated/α-hetero) is 1. The van der Waals surface area contributed by atoms with Crippen LogP contribution < -0.4 is 11.2 Å². The summed E-state index contributed by atoms with van der Waals surface area (Å²) in [6, 6.07) is 0. The molecule has 0 N–H and O–H groups in total. The Balaban J connectivity index is 2.43. The van der Waals surface area contributed by atoms with Gasteiger partial charge in [-0.2, -0.15) is 0 Å². The van der Waals surface area contributed by atoms with Gasteiger partial charge in [-0.05, 0) is 25.3 Å². The van der Waals surface area contributed by atoms with E-state index in [1.54, 1.807) is 6.92 Å². The predicted octanol–water partition coefficient (Wildman–Crippen LogP) is 0.270. The average Bonchev–Trinajstić information content (AvgIpc) is 2.58. The number of hydrogen-bond donors (Lipinski definition) is 0. The Kier molecular flexibility index (Phi) is 4.04. The number of pyridine rings is 1. The van der Waals surface area contributed by atoms with Gasteiger partial charge in [0.05, 0.1) is 12.5 Å². The quantitative estimate of drug-likeness (QED) is 0.749. The van der Waals surface area contributed by atoms with E-state index in [4.69, 9.17) is 0 Å². The molecule has 0 radical (unpaired) electrons. The predicted molar refractivity (Wildman–Crippen MR) is 85.2 cm³/mol. The zero-order valence-corrected chi connectivity index (χ0v) is 13.5. The molecule has 0 aromatic carbocycles. The summed E-state index contributed by atoms with van der Waals surface area (Å²) in [5.74, 6) is -0.746. The van der Waals surface area contributed by atoms with Gasteiger partial charge in [-0.1, -0.05) is 0 Å². The molecule has 2 aromatic rings. The maximum atomic E-state index is 12.8. The third-order valence-electron chi connectivity index (χ3n) is 4.31. The highest BCUT2D eigenvalue weighted by Gasteiger charge is 2.25. The molecule has 0 atom stereocenters. The molecule has 0 amide bonds. The molecule has 0 saturated carbocycles. The van der Waals surface area contributed by atoms with Crippen LogP contribution in [0.25, 0.3) is 11.0 Å². The van der Waals surface area contributed by atoms with E-state index in [0.717, 1.165) is 4.57 Å². The summed E-state index contributed by atoms with van der Waals surface area (Å²) < 4.78 is 6.74. The second-order valence-electron chi connectivity index (χ2n) is 5.62. The number of ether oxygens (including phenoxy) is 1. The highest BCUT2D eigenvalue weighted by atomic mass is 16.5. The third kappa shape index (κ3) is 2.34. The number of carbonyl (C=O) groups excluding carboxylic acids is 2. The normalized spacial score (nSPS) is 13.8. The topological polar surface area (TPSA) is 100 Å². The molecule has 8 heteroatoms. The van der Waals surface area contributed by atoms with Crippen molar-refractivity contribution in [1.82, 2.24) is 14.1 Å². The lowest BCUT2D eigenvalue weighted by Gasteiger charge is -2.18. The molecule has 1 aliphatic carbocycles. The van der Waals surface area contributed by atoms with Gasteiger partial charge in [-0.3, -0.25) is 19.0 Å². The molecule has 8 nitrogen and oxygen atoms in total. The van der Waals surface area contributed by atoms with Crippen molar-refractivity contribution in [2.45, 2.75) is 39.3 Å². The second-order valence-corrected chi connectivity index (χ2v) is 5.62. The molecular formula is C16H17N3O5. The first-order chi connectivity index (χ1) is 11.5. The first kappa shape index (κ1) is 16.1. The van der Waals surface area contributed by atoms with Crippen molar-refractivity contribution < 1.29 is 14.3 Å². The van der Waals surface area contributed by atoms with Crippen LogP contribution in [0.5, 0.6) is 0 Å². The average molecular weight is 331 g/mol. The highest BCUT2D eigenvalue weighted by molar-refractivity contribution is 6.01. The number of rotatable bonds is 3. The van der Waals surface area contributed by atoms with Crippen LogP contribution in [-0.4, -0.2) is 33.0 Å². The fraction of sp³-hybridized carbons (Fsp3) is 0.438. The summed E-state index contributed by atoms with van der Waals surface area (Å²) in [7, 11) is 1.19. The molecular weight excluding hydrogens is 314 g/mol. The van der Waals surface area contributed by atoms with Crippen molar-refractivity contribution in [3.8, 4) is 0 Å². The zero-order valence-electron chi connectivity index (χ0n) is 13.5. The van der Waals surface area contributed by atoms with Crippen LogP contribution in [0.4, 0.5) is 0 Å². The molecule has 24 heavy (non-hydrogen) atoms. The van der Waals surface area contributed by atoms with Gasteiger partial charge < -0.3 is 4.74 Å². The molecule has 0 saturated heterocycles. The largest absolute Gasteiger partial charge is 0.468 e. The van der Waals surface area contributed by atoms with Gasteiger partial charge >= 0.3 is 11.7 Å². The Morgan fingerprint density at radius 3 is 2.67 bits per heavy atom.